The predicted molar refractivity (Wildman–Crippen MR) is 105 cm³/mol. The summed E-state index contributed by atoms with van der Waals surface area (Å²) in [6.07, 6.45) is 3.55. The van der Waals surface area contributed by atoms with Crippen molar-refractivity contribution in [3.63, 3.8) is 0 Å². The summed E-state index contributed by atoms with van der Waals surface area (Å²) in [5.41, 5.74) is 9.76. The molecule has 4 heteroatoms. The Hall–Kier alpha value is -2.49. The minimum Gasteiger partial charge on any atom is -0.399 e. The zero-order valence-electron chi connectivity index (χ0n) is 14.9. The monoisotopic (exact) mass is 337 g/mol. The van der Waals surface area contributed by atoms with Crippen LogP contribution < -0.4 is 16.0 Å². The third kappa shape index (κ3) is 4.75. The Morgan fingerprint density at radius 2 is 1.92 bits per heavy atom. The van der Waals surface area contributed by atoms with Crippen molar-refractivity contribution in [2.24, 2.45) is 5.92 Å². The normalized spacial score (nSPS) is 15.2. The molecule has 1 saturated heterocycles. The van der Waals surface area contributed by atoms with Gasteiger partial charge < -0.3 is 16.0 Å². The van der Waals surface area contributed by atoms with Gasteiger partial charge in [0.25, 0.3) is 0 Å². The summed E-state index contributed by atoms with van der Waals surface area (Å²) in [5, 5.41) is 3.01. The Morgan fingerprint density at radius 3 is 2.68 bits per heavy atom. The lowest BCUT2D eigenvalue weighted by Crippen LogP contribution is -2.32. The molecule has 3 N–H and O–H groups in total. The van der Waals surface area contributed by atoms with E-state index in [1.165, 1.54) is 18.5 Å². The quantitative estimate of drug-likeness (QED) is 0.808. The second-order valence-electron chi connectivity index (χ2n) is 6.97. The molecule has 1 aliphatic heterocycles. The Labute approximate surface area is 150 Å². The zero-order valence-corrected chi connectivity index (χ0v) is 14.9. The fraction of sp³-hybridized carbons (Fsp3) is 0.381. The molecule has 2 aromatic carbocycles. The second kappa shape index (κ2) is 8.06. The van der Waals surface area contributed by atoms with Gasteiger partial charge in [0.05, 0.1) is 0 Å². The molecule has 0 spiro atoms. The fourth-order valence-corrected chi connectivity index (χ4v) is 3.28. The third-order valence-electron chi connectivity index (χ3n) is 4.96. The van der Waals surface area contributed by atoms with E-state index in [1.54, 1.807) is 0 Å². The Bertz CT molecular complexity index is 721. The number of para-hydroxylation sites is 1. The molecule has 0 aliphatic carbocycles. The minimum absolute atomic E-state index is 0.0210. The molecule has 4 nitrogen and oxygen atoms in total. The molecule has 0 bridgehead atoms. The average molecular weight is 337 g/mol. The van der Waals surface area contributed by atoms with Crippen LogP contribution in [0.4, 0.5) is 17.1 Å². The fourth-order valence-electron chi connectivity index (χ4n) is 3.28. The van der Waals surface area contributed by atoms with E-state index < -0.39 is 0 Å². The summed E-state index contributed by atoms with van der Waals surface area (Å²) in [5.74, 6) is 0.831. The van der Waals surface area contributed by atoms with E-state index in [0.717, 1.165) is 35.9 Å². The number of carbonyl (C=O) groups excluding carboxylic acids is 1. The Balaban J connectivity index is 1.56. The van der Waals surface area contributed by atoms with Crippen molar-refractivity contribution in [1.82, 2.24) is 0 Å². The molecular weight excluding hydrogens is 310 g/mol. The van der Waals surface area contributed by atoms with Gasteiger partial charge in [-0.1, -0.05) is 31.2 Å². The standard InChI is InChI=1S/C21H27N3O/c1-16-11-13-24(14-12-16)19-7-4-6-18(15-19)23-21(25)10-9-17-5-2-3-8-20(17)22/h2-8,15-16H,9-14,22H2,1H3,(H,23,25). The minimum atomic E-state index is 0.0210. The Kier molecular flexibility index (Phi) is 5.59. The summed E-state index contributed by atoms with van der Waals surface area (Å²) in [6.45, 7) is 4.49. The number of benzene rings is 2. The van der Waals surface area contributed by atoms with Crippen molar-refractivity contribution in [2.75, 3.05) is 29.0 Å². The number of carbonyl (C=O) groups is 1. The molecule has 3 rings (SSSR count). The highest BCUT2D eigenvalue weighted by molar-refractivity contribution is 5.91. The van der Waals surface area contributed by atoms with Gasteiger partial charge in [0.1, 0.15) is 0 Å². The van der Waals surface area contributed by atoms with Crippen LogP contribution in [0.15, 0.2) is 48.5 Å². The molecule has 1 aliphatic rings. The van der Waals surface area contributed by atoms with Gasteiger partial charge in [-0.05, 0) is 55.0 Å². The van der Waals surface area contributed by atoms with Gasteiger partial charge in [-0.25, -0.2) is 0 Å². The summed E-state index contributed by atoms with van der Waals surface area (Å²) in [6, 6.07) is 15.9. The van der Waals surface area contributed by atoms with Gasteiger partial charge in [-0.15, -0.1) is 0 Å². The first kappa shape index (κ1) is 17.3. The predicted octanol–water partition coefficient (Wildman–Crippen LogP) is 4.08. The number of anilines is 3. The van der Waals surface area contributed by atoms with Crippen LogP contribution in [0.25, 0.3) is 0 Å². The molecule has 132 valence electrons. The molecule has 1 heterocycles. The first-order chi connectivity index (χ1) is 12.1. The number of hydrogen-bond acceptors (Lipinski definition) is 3. The highest BCUT2D eigenvalue weighted by Crippen LogP contribution is 2.25. The molecule has 0 saturated carbocycles. The molecular formula is C21H27N3O. The van der Waals surface area contributed by atoms with Crippen molar-refractivity contribution < 1.29 is 4.79 Å². The summed E-state index contributed by atoms with van der Waals surface area (Å²) in [7, 11) is 0. The molecule has 1 fully saturated rings. The third-order valence-corrected chi connectivity index (χ3v) is 4.96. The van der Waals surface area contributed by atoms with E-state index in [2.05, 4.69) is 29.3 Å². The molecule has 0 radical (unpaired) electrons. The van der Waals surface area contributed by atoms with E-state index in [9.17, 15) is 4.79 Å². The molecule has 0 atom stereocenters. The largest absolute Gasteiger partial charge is 0.399 e. The van der Waals surface area contributed by atoms with Crippen LogP contribution in [0, 0.1) is 5.92 Å². The summed E-state index contributed by atoms with van der Waals surface area (Å²) >= 11 is 0. The number of rotatable bonds is 5. The van der Waals surface area contributed by atoms with Crippen molar-refractivity contribution in [3.05, 3.63) is 54.1 Å². The SMILES string of the molecule is CC1CCN(c2cccc(NC(=O)CCc3ccccc3N)c2)CC1. The van der Waals surface area contributed by atoms with Crippen LogP contribution in [-0.2, 0) is 11.2 Å². The van der Waals surface area contributed by atoms with Gasteiger partial charge in [0.2, 0.25) is 5.91 Å². The average Bonchev–Trinajstić information content (AvgIpc) is 2.62. The topological polar surface area (TPSA) is 58.4 Å². The van der Waals surface area contributed by atoms with Gasteiger partial charge >= 0.3 is 0 Å². The van der Waals surface area contributed by atoms with Gasteiger partial charge in [-0.2, -0.15) is 0 Å². The van der Waals surface area contributed by atoms with Crippen LogP contribution in [0.3, 0.4) is 0 Å². The molecule has 2 aromatic rings. The van der Waals surface area contributed by atoms with E-state index >= 15 is 0 Å². The van der Waals surface area contributed by atoms with E-state index in [1.807, 2.05) is 36.4 Å². The van der Waals surface area contributed by atoms with Crippen LogP contribution >= 0.6 is 0 Å². The highest BCUT2D eigenvalue weighted by atomic mass is 16.1. The number of aryl methyl sites for hydroxylation is 1. The molecule has 0 aromatic heterocycles. The van der Waals surface area contributed by atoms with E-state index in [-0.39, 0.29) is 5.91 Å². The molecule has 1 amide bonds. The van der Waals surface area contributed by atoms with Crippen LogP contribution in [0.5, 0.6) is 0 Å². The second-order valence-corrected chi connectivity index (χ2v) is 6.97. The number of nitrogen functional groups attached to an aromatic ring is 1. The lowest BCUT2D eigenvalue weighted by Gasteiger charge is -2.32. The summed E-state index contributed by atoms with van der Waals surface area (Å²) in [4.78, 5) is 14.7. The number of nitrogens with zero attached hydrogens (tertiary/aromatic N) is 1. The van der Waals surface area contributed by atoms with Crippen LogP contribution in [0.2, 0.25) is 0 Å². The number of hydrogen-bond donors (Lipinski definition) is 2. The van der Waals surface area contributed by atoms with Crippen molar-refractivity contribution in [1.29, 1.82) is 0 Å². The number of piperidine rings is 1. The maximum absolute atomic E-state index is 12.3. The maximum Gasteiger partial charge on any atom is 0.224 e. The lowest BCUT2D eigenvalue weighted by molar-refractivity contribution is -0.116. The number of nitrogens with one attached hydrogen (secondary N) is 1. The highest BCUT2D eigenvalue weighted by Gasteiger charge is 2.16. The van der Waals surface area contributed by atoms with E-state index in [0.29, 0.717) is 12.8 Å². The van der Waals surface area contributed by atoms with Crippen molar-refractivity contribution in [2.45, 2.75) is 32.6 Å². The van der Waals surface area contributed by atoms with Gasteiger partial charge in [0.15, 0.2) is 0 Å². The molecule has 0 unspecified atom stereocenters. The van der Waals surface area contributed by atoms with Crippen LogP contribution in [0.1, 0.15) is 31.7 Å². The molecule has 25 heavy (non-hydrogen) atoms. The van der Waals surface area contributed by atoms with Gasteiger partial charge in [-0.3, -0.25) is 4.79 Å². The first-order valence-electron chi connectivity index (χ1n) is 9.10. The van der Waals surface area contributed by atoms with Crippen molar-refractivity contribution in [3.8, 4) is 0 Å². The van der Waals surface area contributed by atoms with Crippen molar-refractivity contribution >= 4 is 23.0 Å². The smallest absolute Gasteiger partial charge is 0.224 e. The van der Waals surface area contributed by atoms with Gasteiger partial charge in [0, 0.05) is 36.6 Å². The first-order valence-corrected chi connectivity index (χ1v) is 9.10. The zero-order chi connectivity index (χ0) is 17.6. The van der Waals surface area contributed by atoms with E-state index in [4.69, 9.17) is 5.73 Å². The lowest BCUT2D eigenvalue weighted by atomic mass is 9.99. The van der Waals surface area contributed by atoms with Crippen LogP contribution in [-0.4, -0.2) is 19.0 Å². The summed E-state index contributed by atoms with van der Waals surface area (Å²) < 4.78 is 0. The number of nitrogens with two attached hydrogens (primary N) is 1. The number of amides is 1. The Morgan fingerprint density at radius 1 is 1.16 bits per heavy atom. The maximum atomic E-state index is 12.3.